The minimum absolute atomic E-state index is 0.00596. The molecule has 0 aliphatic carbocycles. The Morgan fingerprint density at radius 3 is 2.68 bits per heavy atom. The van der Waals surface area contributed by atoms with Crippen LogP contribution in [0.1, 0.15) is 23.6 Å². The minimum atomic E-state index is -0.529. The van der Waals surface area contributed by atoms with E-state index >= 15 is 0 Å². The van der Waals surface area contributed by atoms with E-state index < -0.39 is 11.8 Å². The van der Waals surface area contributed by atoms with Gasteiger partial charge in [0.05, 0.1) is 12.3 Å². The van der Waals surface area contributed by atoms with Gasteiger partial charge in [-0.15, -0.1) is 0 Å². The molecule has 1 aliphatic heterocycles. The molecule has 0 spiro atoms. The number of amides is 2. The summed E-state index contributed by atoms with van der Waals surface area (Å²) in [6.45, 7) is 6.22. The molecule has 0 atom stereocenters. The van der Waals surface area contributed by atoms with Crippen molar-refractivity contribution in [3.63, 3.8) is 0 Å². The number of nitrogens with zero attached hydrogens (tertiary/aromatic N) is 1. The molecule has 2 amide bonds. The third kappa shape index (κ3) is 3.86. The lowest BCUT2D eigenvalue weighted by Gasteiger charge is -2.30. The summed E-state index contributed by atoms with van der Waals surface area (Å²) in [6.07, 6.45) is 1.54. The summed E-state index contributed by atoms with van der Waals surface area (Å²) in [5.74, 6) is -0.408. The second-order valence-corrected chi connectivity index (χ2v) is 7.59. The smallest absolute Gasteiger partial charge is 0.270 e. The van der Waals surface area contributed by atoms with Crippen LogP contribution < -0.4 is 15.0 Å². The van der Waals surface area contributed by atoms with Crippen molar-refractivity contribution in [3.8, 4) is 5.75 Å². The molecule has 5 nitrogen and oxygen atoms in total. The fourth-order valence-corrected chi connectivity index (χ4v) is 3.58. The summed E-state index contributed by atoms with van der Waals surface area (Å²) in [5, 5.41) is 2.69. The van der Waals surface area contributed by atoms with Crippen LogP contribution in [0.15, 0.2) is 46.4 Å². The summed E-state index contributed by atoms with van der Waals surface area (Å²) in [6, 6.07) is 11.1. The molecule has 1 fully saturated rings. The monoisotopic (exact) mass is 458 g/mol. The molecule has 0 unspecified atom stereocenters. The van der Waals surface area contributed by atoms with Gasteiger partial charge in [-0.05, 0) is 74.5 Å². The van der Waals surface area contributed by atoms with Crippen molar-refractivity contribution in [2.24, 2.45) is 0 Å². The topological polar surface area (TPSA) is 58.6 Å². The van der Waals surface area contributed by atoms with Crippen LogP contribution in [-0.4, -0.2) is 23.5 Å². The molecule has 7 heteroatoms. The van der Waals surface area contributed by atoms with Gasteiger partial charge in [-0.3, -0.25) is 19.8 Å². The molecule has 1 saturated heterocycles. The maximum Gasteiger partial charge on any atom is 0.270 e. The Hall–Kier alpha value is -2.51. The van der Waals surface area contributed by atoms with Crippen LogP contribution in [0.5, 0.6) is 5.75 Å². The fourth-order valence-electron chi connectivity index (χ4n) is 2.93. The summed E-state index contributed by atoms with van der Waals surface area (Å²) in [4.78, 5) is 27.1. The van der Waals surface area contributed by atoms with Crippen LogP contribution in [-0.2, 0) is 9.59 Å². The largest absolute Gasteiger partial charge is 0.493 e. The summed E-state index contributed by atoms with van der Waals surface area (Å²) < 4.78 is 6.44. The Morgan fingerprint density at radius 1 is 1.21 bits per heavy atom. The lowest BCUT2D eigenvalue weighted by Crippen LogP contribution is -2.54. The van der Waals surface area contributed by atoms with Gasteiger partial charge in [0, 0.05) is 10.0 Å². The summed E-state index contributed by atoms with van der Waals surface area (Å²) in [5.41, 5.74) is 3.23. The molecule has 0 aromatic heterocycles. The van der Waals surface area contributed by atoms with Crippen molar-refractivity contribution >= 4 is 56.8 Å². The molecule has 2 aromatic rings. The van der Waals surface area contributed by atoms with E-state index in [1.807, 2.05) is 45.0 Å². The number of hydrogen-bond donors (Lipinski definition) is 1. The van der Waals surface area contributed by atoms with Crippen molar-refractivity contribution in [2.75, 3.05) is 11.5 Å². The molecular weight excluding hydrogens is 440 g/mol. The molecule has 1 aliphatic rings. The number of carbonyl (C=O) groups is 2. The minimum Gasteiger partial charge on any atom is -0.493 e. The molecule has 0 saturated carbocycles. The molecule has 0 bridgehead atoms. The predicted molar refractivity (Wildman–Crippen MR) is 117 cm³/mol. The number of ether oxygens (including phenoxy) is 1. The Bertz CT molecular complexity index is 1020. The molecule has 0 radical (unpaired) electrons. The van der Waals surface area contributed by atoms with E-state index in [9.17, 15) is 9.59 Å². The Balaban J connectivity index is 2.10. The second kappa shape index (κ2) is 8.24. The number of nitrogens with one attached hydrogen (secondary N) is 1. The fraction of sp³-hybridized carbons (Fsp3) is 0.190. The van der Waals surface area contributed by atoms with Gasteiger partial charge in [0.25, 0.3) is 11.8 Å². The Kier molecular flexibility index (Phi) is 5.96. The zero-order chi connectivity index (χ0) is 20.4. The van der Waals surface area contributed by atoms with E-state index in [1.54, 1.807) is 12.1 Å². The number of aryl methyl sites for hydroxylation is 1. The van der Waals surface area contributed by atoms with E-state index in [1.165, 1.54) is 11.0 Å². The number of rotatable bonds is 4. The lowest BCUT2D eigenvalue weighted by atomic mass is 10.0. The zero-order valence-electron chi connectivity index (χ0n) is 15.7. The summed E-state index contributed by atoms with van der Waals surface area (Å²) >= 11 is 8.70. The first-order chi connectivity index (χ1) is 13.3. The third-order valence-electron chi connectivity index (χ3n) is 4.49. The number of halogens is 1. The summed E-state index contributed by atoms with van der Waals surface area (Å²) in [7, 11) is 0. The molecule has 1 N–H and O–H groups in total. The Morgan fingerprint density at radius 2 is 1.96 bits per heavy atom. The average Bonchev–Trinajstić information content (AvgIpc) is 2.64. The Labute approximate surface area is 177 Å². The number of thiocarbonyl (C=S) groups is 1. The highest BCUT2D eigenvalue weighted by Gasteiger charge is 2.35. The zero-order valence-corrected chi connectivity index (χ0v) is 18.1. The van der Waals surface area contributed by atoms with Gasteiger partial charge in [-0.1, -0.05) is 28.1 Å². The van der Waals surface area contributed by atoms with E-state index in [0.29, 0.717) is 23.6 Å². The second-order valence-electron chi connectivity index (χ2n) is 6.29. The maximum atomic E-state index is 13.2. The quantitative estimate of drug-likeness (QED) is 0.421. The van der Waals surface area contributed by atoms with Crippen molar-refractivity contribution < 1.29 is 14.3 Å². The molecule has 2 aromatic carbocycles. The van der Waals surface area contributed by atoms with Crippen molar-refractivity contribution in [1.82, 2.24) is 5.32 Å². The van der Waals surface area contributed by atoms with Crippen LogP contribution in [0, 0.1) is 13.8 Å². The third-order valence-corrected chi connectivity index (χ3v) is 5.27. The number of anilines is 1. The van der Waals surface area contributed by atoms with Crippen LogP contribution >= 0.6 is 28.1 Å². The molecule has 3 rings (SSSR count). The predicted octanol–water partition coefficient (Wildman–Crippen LogP) is 4.30. The van der Waals surface area contributed by atoms with Crippen LogP contribution in [0.3, 0.4) is 0 Å². The van der Waals surface area contributed by atoms with E-state index in [0.717, 1.165) is 15.6 Å². The van der Waals surface area contributed by atoms with E-state index in [2.05, 4.69) is 21.2 Å². The van der Waals surface area contributed by atoms with Gasteiger partial charge < -0.3 is 4.74 Å². The molecule has 28 heavy (non-hydrogen) atoms. The highest BCUT2D eigenvalue weighted by molar-refractivity contribution is 9.10. The van der Waals surface area contributed by atoms with Crippen LogP contribution in [0.25, 0.3) is 6.08 Å². The lowest BCUT2D eigenvalue weighted by molar-refractivity contribution is -0.122. The van der Waals surface area contributed by atoms with Gasteiger partial charge in [-0.25, -0.2) is 0 Å². The maximum absolute atomic E-state index is 13.2. The van der Waals surface area contributed by atoms with Crippen molar-refractivity contribution in [2.45, 2.75) is 20.8 Å². The average molecular weight is 459 g/mol. The first-order valence-corrected chi connectivity index (χ1v) is 9.93. The number of hydrogen-bond acceptors (Lipinski definition) is 4. The SMILES string of the molecule is CCOc1ccc(Br)cc1/C=C1\C(=O)NC(=S)N(c2cccc(C)c2C)C1=O. The van der Waals surface area contributed by atoms with E-state index in [-0.39, 0.29) is 10.7 Å². The van der Waals surface area contributed by atoms with Gasteiger partial charge in [0.2, 0.25) is 0 Å². The van der Waals surface area contributed by atoms with Crippen LogP contribution in [0.2, 0.25) is 0 Å². The first kappa shape index (κ1) is 20.2. The molecule has 144 valence electrons. The van der Waals surface area contributed by atoms with Gasteiger partial charge >= 0.3 is 0 Å². The first-order valence-electron chi connectivity index (χ1n) is 8.73. The molecular formula is C21H19BrN2O3S. The van der Waals surface area contributed by atoms with Gasteiger partial charge in [0.1, 0.15) is 11.3 Å². The van der Waals surface area contributed by atoms with Crippen molar-refractivity contribution in [1.29, 1.82) is 0 Å². The highest BCUT2D eigenvalue weighted by atomic mass is 79.9. The van der Waals surface area contributed by atoms with Gasteiger partial charge in [0.15, 0.2) is 5.11 Å². The standard InChI is InChI=1S/C21H19BrN2O3S/c1-4-27-18-9-8-15(22)10-14(18)11-16-19(25)23-21(28)24(20(16)26)17-7-5-6-12(2)13(17)3/h5-11H,4H2,1-3H3,(H,23,25,28)/b16-11+. The van der Waals surface area contributed by atoms with E-state index in [4.69, 9.17) is 17.0 Å². The van der Waals surface area contributed by atoms with Gasteiger partial charge in [-0.2, -0.15) is 0 Å². The molecule has 1 heterocycles. The van der Waals surface area contributed by atoms with Crippen molar-refractivity contribution in [3.05, 3.63) is 63.1 Å². The number of benzene rings is 2. The normalized spacial score (nSPS) is 15.8. The highest BCUT2D eigenvalue weighted by Crippen LogP contribution is 2.29. The van der Waals surface area contributed by atoms with Crippen LogP contribution in [0.4, 0.5) is 5.69 Å². The number of carbonyl (C=O) groups excluding carboxylic acids is 2.